The Balaban J connectivity index is 1.29. The van der Waals surface area contributed by atoms with Gasteiger partial charge in [0.05, 0.1) is 27.3 Å². The minimum atomic E-state index is -4.68. The molecule has 9 heteroatoms. The Hall–Kier alpha value is -2.52. The molecule has 1 N–H and O–H groups in total. The lowest BCUT2D eigenvalue weighted by atomic mass is 9.97. The lowest BCUT2D eigenvalue weighted by molar-refractivity contribution is -0.138. The molecule has 0 aliphatic carbocycles. The summed E-state index contributed by atoms with van der Waals surface area (Å²) in [6.45, 7) is 1.27. The van der Waals surface area contributed by atoms with Crippen molar-refractivity contribution in [3.63, 3.8) is 0 Å². The summed E-state index contributed by atoms with van der Waals surface area (Å²) in [5.74, 6) is -0.959. The summed E-state index contributed by atoms with van der Waals surface area (Å²) in [6, 6.07) is 10.5. The monoisotopic (exact) mass is 451 g/mol. The zero-order chi connectivity index (χ0) is 22.0. The number of nitrogens with zero attached hydrogens (tertiary/aromatic N) is 2. The number of hydrogen-bond acceptors (Lipinski definition) is 4. The molecular weight excluding hydrogens is 430 g/mol. The van der Waals surface area contributed by atoms with Gasteiger partial charge in [-0.15, -0.1) is 11.3 Å². The number of rotatable bonds is 5. The summed E-state index contributed by atoms with van der Waals surface area (Å²) in [4.78, 5) is 19.0. The Bertz CT molecular complexity index is 1040. The molecule has 31 heavy (non-hydrogen) atoms. The van der Waals surface area contributed by atoms with Crippen LogP contribution in [-0.2, 0) is 17.5 Å². The number of amides is 1. The lowest BCUT2D eigenvalue weighted by Crippen LogP contribution is -2.41. The Kier molecular flexibility index (Phi) is 6.24. The van der Waals surface area contributed by atoms with Crippen molar-refractivity contribution in [1.82, 2.24) is 15.2 Å². The maximum absolute atomic E-state index is 13.2. The predicted molar refractivity (Wildman–Crippen MR) is 111 cm³/mol. The molecular formula is C22H21F4N3OS. The van der Waals surface area contributed by atoms with Gasteiger partial charge in [-0.2, -0.15) is 13.2 Å². The molecule has 4 nitrogen and oxygen atoms in total. The van der Waals surface area contributed by atoms with Gasteiger partial charge in [-0.1, -0.05) is 18.2 Å². The maximum atomic E-state index is 13.2. The topological polar surface area (TPSA) is 45.2 Å². The van der Waals surface area contributed by atoms with Crippen LogP contribution < -0.4 is 5.32 Å². The van der Waals surface area contributed by atoms with E-state index in [1.54, 1.807) is 11.3 Å². The van der Waals surface area contributed by atoms with E-state index in [0.717, 1.165) is 48.6 Å². The van der Waals surface area contributed by atoms with Gasteiger partial charge in [0.15, 0.2) is 0 Å². The largest absolute Gasteiger partial charge is 0.416 e. The van der Waals surface area contributed by atoms with E-state index in [4.69, 9.17) is 4.98 Å². The minimum Gasteiger partial charge on any atom is -0.351 e. The molecule has 0 saturated carbocycles. The molecule has 1 amide bonds. The highest BCUT2D eigenvalue weighted by atomic mass is 32.1. The number of nitrogens with one attached hydrogen (secondary N) is 1. The van der Waals surface area contributed by atoms with Crippen LogP contribution in [-0.4, -0.2) is 35.4 Å². The highest BCUT2D eigenvalue weighted by molar-refractivity contribution is 7.18. The molecule has 2 heterocycles. The number of benzene rings is 2. The Labute approximate surface area is 180 Å². The second-order valence-electron chi connectivity index (χ2n) is 7.65. The number of para-hydroxylation sites is 1. The van der Waals surface area contributed by atoms with Crippen molar-refractivity contribution in [2.24, 2.45) is 0 Å². The first kappa shape index (κ1) is 21.7. The second-order valence-corrected chi connectivity index (χ2v) is 8.71. The van der Waals surface area contributed by atoms with Gasteiger partial charge in [-0.05, 0) is 55.8 Å². The number of fused-ring (bicyclic) bond motifs is 1. The highest BCUT2D eigenvalue weighted by Gasteiger charge is 2.33. The molecule has 0 unspecified atom stereocenters. The SMILES string of the molecule is O=C(CN1CCC(c2nc3ccccc3s2)CC1)NCc1ccc(F)cc1C(F)(F)F. The Morgan fingerprint density at radius 2 is 1.90 bits per heavy atom. The molecule has 3 aromatic rings. The molecule has 164 valence electrons. The van der Waals surface area contributed by atoms with Crippen LogP contribution in [0.3, 0.4) is 0 Å². The van der Waals surface area contributed by atoms with Gasteiger partial charge in [-0.25, -0.2) is 9.37 Å². The second kappa shape index (κ2) is 8.92. The fraction of sp³-hybridized carbons (Fsp3) is 0.364. The van der Waals surface area contributed by atoms with Crippen LogP contribution in [0.5, 0.6) is 0 Å². The number of piperidine rings is 1. The molecule has 1 fully saturated rings. The van der Waals surface area contributed by atoms with Gasteiger partial charge in [0.2, 0.25) is 5.91 Å². The van der Waals surface area contributed by atoms with Crippen molar-refractivity contribution in [3.05, 3.63) is 64.4 Å². The maximum Gasteiger partial charge on any atom is 0.416 e. The first-order valence-corrected chi connectivity index (χ1v) is 10.8. The van der Waals surface area contributed by atoms with Gasteiger partial charge in [0, 0.05) is 12.5 Å². The molecule has 1 aromatic heterocycles. The predicted octanol–water partition coefficient (Wildman–Crippen LogP) is 4.95. The number of halogens is 4. The average molecular weight is 451 g/mol. The molecule has 0 bridgehead atoms. The fourth-order valence-electron chi connectivity index (χ4n) is 3.82. The number of carbonyl (C=O) groups is 1. The number of thiazole rings is 1. The van der Waals surface area contributed by atoms with Gasteiger partial charge < -0.3 is 5.32 Å². The zero-order valence-corrected chi connectivity index (χ0v) is 17.4. The van der Waals surface area contributed by atoms with E-state index >= 15 is 0 Å². The number of hydrogen-bond donors (Lipinski definition) is 1. The Morgan fingerprint density at radius 3 is 2.61 bits per heavy atom. The first-order valence-electron chi connectivity index (χ1n) is 10.00. The third-order valence-electron chi connectivity index (χ3n) is 5.47. The molecule has 2 aromatic carbocycles. The van der Waals surface area contributed by atoms with Gasteiger partial charge in [0.1, 0.15) is 5.82 Å². The summed E-state index contributed by atoms with van der Waals surface area (Å²) in [7, 11) is 0. The smallest absolute Gasteiger partial charge is 0.351 e. The van der Waals surface area contributed by atoms with E-state index in [0.29, 0.717) is 12.0 Å². The number of likely N-dealkylation sites (tertiary alicyclic amines) is 1. The van der Waals surface area contributed by atoms with Crippen molar-refractivity contribution in [3.8, 4) is 0 Å². The van der Waals surface area contributed by atoms with Crippen LogP contribution in [0.1, 0.15) is 34.9 Å². The number of alkyl halides is 3. The van der Waals surface area contributed by atoms with Crippen molar-refractivity contribution >= 4 is 27.5 Å². The van der Waals surface area contributed by atoms with E-state index in [1.807, 2.05) is 23.1 Å². The molecule has 4 rings (SSSR count). The van der Waals surface area contributed by atoms with E-state index in [9.17, 15) is 22.4 Å². The van der Waals surface area contributed by atoms with Crippen LogP contribution in [0.25, 0.3) is 10.2 Å². The van der Waals surface area contributed by atoms with E-state index < -0.39 is 17.6 Å². The highest BCUT2D eigenvalue weighted by Crippen LogP contribution is 2.34. The van der Waals surface area contributed by atoms with Crippen LogP contribution >= 0.6 is 11.3 Å². The summed E-state index contributed by atoms with van der Waals surface area (Å²) in [5, 5.41) is 3.64. The average Bonchev–Trinajstić information content (AvgIpc) is 3.17. The van der Waals surface area contributed by atoms with Crippen LogP contribution in [0.2, 0.25) is 0 Å². The van der Waals surface area contributed by atoms with E-state index in [-0.39, 0.29) is 24.6 Å². The van der Waals surface area contributed by atoms with Crippen molar-refractivity contribution in [1.29, 1.82) is 0 Å². The fourth-order valence-corrected chi connectivity index (χ4v) is 4.96. The summed E-state index contributed by atoms with van der Waals surface area (Å²) < 4.78 is 53.6. The van der Waals surface area contributed by atoms with Crippen molar-refractivity contribution in [2.75, 3.05) is 19.6 Å². The number of aromatic nitrogens is 1. The molecule has 1 aliphatic heterocycles. The van der Waals surface area contributed by atoms with Gasteiger partial charge in [-0.3, -0.25) is 9.69 Å². The molecule has 0 spiro atoms. The van der Waals surface area contributed by atoms with E-state index in [2.05, 4.69) is 11.4 Å². The lowest BCUT2D eigenvalue weighted by Gasteiger charge is -2.30. The summed E-state index contributed by atoms with van der Waals surface area (Å²) in [6.07, 6.45) is -2.92. The molecule has 1 saturated heterocycles. The Morgan fingerprint density at radius 1 is 1.16 bits per heavy atom. The van der Waals surface area contributed by atoms with Crippen molar-refractivity contribution in [2.45, 2.75) is 31.5 Å². The third kappa shape index (κ3) is 5.22. The van der Waals surface area contributed by atoms with Crippen LogP contribution in [0, 0.1) is 5.82 Å². The van der Waals surface area contributed by atoms with Crippen LogP contribution in [0.15, 0.2) is 42.5 Å². The molecule has 0 atom stereocenters. The quantitative estimate of drug-likeness (QED) is 0.559. The van der Waals surface area contributed by atoms with Crippen LogP contribution in [0.4, 0.5) is 17.6 Å². The van der Waals surface area contributed by atoms with Crippen molar-refractivity contribution < 1.29 is 22.4 Å². The summed E-state index contributed by atoms with van der Waals surface area (Å²) >= 11 is 1.70. The summed E-state index contributed by atoms with van der Waals surface area (Å²) in [5.41, 5.74) is -0.218. The zero-order valence-electron chi connectivity index (χ0n) is 16.6. The molecule has 1 aliphatic rings. The first-order chi connectivity index (χ1) is 14.8. The number of carbonyl (C=O) groups excluding carboxylic acids is 1. The minimum absolute atomic E-state index is 0.120. The molecule has 0 radical (unpaired) electrons. The normalized spacial score (nSPS) is 16.0. The van der Waals surface area contributed by atoms with E-state index in [1.165, 1.54) is 4.70 Å². The van der Waals surface area contributed by atoms with Gasteiger partial charge in [0.25, 0.3) is 0 Å². The van der Waals surface area contributed by atoms with Gasteiger partial charge >= 0.3 is 6.18 Å². The third-order valence-corrected chi connectivity index (χ3v) is 6.67. The standard InChI is InChI=1S/C22H21F4N3OS/c23-16-6-5-15(17(11-16)22(24,25)26)12-27-20(30)13-29-9-7-14(8-10-29)21-28-18-3-1-2-4-19(18)31-21/h1-6,11,14H,7-10,12-13H2,(H,27,30).